The molecule has 0 saturated carbocycles. The van der Waals surface area contributed by atoms with Crippen molar-refractivity contribution in [3.05, 3.63) is 0 Å². The highest BCUT2D eigenvalue weighted by atomic mass is 16.2. The fourth-order valence-electron chi connectivity index (χ4n) is 3.56. The van der Waals surface area contributed by atoms with Crippen LogP contribution in [0.15, 0.2) is 0 Å². The summed E-state index contributed by atoms with van der Waals surface area (Å²) in [5, 5.41) is 0. The van der Waals surface area contributed by atoms with Crippen molar-refractivity contribution in [2.45, 2.75) is 59.0 Å². The largest absolute Gasteiger partial charge is 0.340 e. The molecule has 0 bridgehead atoms. The van der Waals surface area contributed by atoms with Crippen LogP contribution in [0.25, 0.3) is 0 Å². The SMILES string of the molecule is CC(C)N1CC(CN2CCN(C(C)(C)C)CC2)CCC1=O. The number of nitrogens with zero attached hydrogens (tertiary/aromatic N) is 3. The van der Waals surface area contributed by atoms with Gasteiger partial charge in [0.1, 0.15) is 0 Å². The van der Waals surface area contributed by atoms with E-state index in [0.717, 1.165) is 25.9 Å². The van der Waals surface area contributed by atoms with E-state index in [1.165, 1.54) is 26.2 Å². The zero-order chi connectivity index (χ0) is 15.6. The van der Waals surface area contributed by atoms with Gasteiger partial charge in [0, 0.05) is 57.3 Å². The minimum absolute atomic E-state index is 0.289. The van der Waals surface area contributed by atoms with Gasteiger partial charge in [-0.05, 0) is 47.0 Å². The van der Waals surface area contributed by atoms with Crippen molar-refractivity contribution in [2.75, 3.05) is 39.3 Å². The van der Waals surface area contributed by atoms with Crippen molar-refractivity contribution >= 4 is 5.91 Å². The molecule has 0 spiro atoms. The molecule has 21 heavy (non-hydrogen) atoms. The van der Waals surface area contributed by atoms with Crippen molar-refractivity contribution in [2.24, 2.45) is 5.92 Å². The molecule has 0 aromatic carbocycles. The Morgan fingerprint density at radius 2 is 1.76 bits per heavy atom. The first-order chi connectivity index (χ1) is 9.77. The van der Waals surface area contributed by atoms with E-state index in [-0.39, 0.29) is 5.54 Å². The summed E-state index contributed by atoms with van der Waals surface area (Å²) < 4.78 is 0. The second-order valence-corrected chi connectivity index (χ2v) is 8.00. The Bertz CT molecular complexity index is 354. The molecule has 0 aromatic rings. The molecule has 1 amide bonds. The number of likely N-dealkylation sites (tertiary alicyclic amines) is 1. The van der Waals surface area contributed by atoms with E-state index >= 15 is 0 Å². The first-order valence-electron chi connectivity index (χ1n) is 8.54. The van der Waals surface area contributed by atoms with Crippen molar-refractivity contribution < 1.29 is 4.79 Å². The van der Waals surface area contributed by atoms with Crippen LogP contribution in [0, 0.1) is 5.92 Å². The lowest BCUT2D eigenvalue weighted by molar-refractivity contribution is -0.137. The van der Waals surface area contributed by atoms with E-state index in [1.54, 1.807) is 0 Å². The van der Waals surface area contributed by atoms with E-state index < -0.39 is 0 Å². The number of carbonyl (C=O) groups excluding carboxylic acids is 1. The Balaban J connectivity index is 1.80. The Kier molecular flexibility index (Phi) is 5.31. The van der Waals surface area contributed by atoms with E-state index in [1.807, 2.05) is 0 Å². The predicted molar refractivity (Wildman–Crippen MR) is 87.3 cm³/mol. The van der Waals surface area contributed by atoms with Crippen LogP contribution in [0.2, 0.25) is 0 Å². The second kappa shape index (κ2) is 6.66. The van der Waals surface area contributed by atoms with Gasteiger partial charge in [-0.2, -0.15) is 0 Å². The molecule has 2 fully saturated rings. The Labute approximate surface area is 130 Å². The molecular formula is C17H33N3O. The zero-order valence-corrected chi connectivity index (χ0v) is 14.6. The molecule has 1 atom stereocenters. The lowest BCUT2D eigenvalue weighted by atomic mass is 9.95. The number of hydrogen-bond acceptors (Lipinski definition) is 3. The molecular weight excluding hydrogens is 262 g/mol. The normalized spacial score (nSPS) is 26.7. The van der Waals surface area contributed by atoms with Crippen LogP contribution < -0.4 is 0 Å². The highest BCUT2D eigenvalue weighted by molar-refractivity contribution is 5.77. The topological polar surface area (TPSA) is 26.8 Å². The maximum Gasteiger partial charge on any atom is 0.222 e. The summed E-state index contributed by atoms with van der Waals surface area (Å²) >= 11 is 0. The number of rotatable bonds is 3. The highest BCUT2D eigenvalue weighted by Crippen LogP contribution is 2.22. The second-order valence-electron chi connectivity index (χ2n) is 8.00. The van der Waals surface area contributed by atoms with E-state index in [2.05, 4.69) is 49.3 Å². The minimum atomic E-state index is 0.289. The Morgan fingerprint density at radius 1 is 1.14 bits per heavy atom. The van der Waals surface area contributed by atoms with E-state index in [9.17, 15) is 4.79 Å². The first kappa shape index (κ1) is 16.8. The minimum Gasteiger partial charge on any atom is -0.340 e. The summed E-state index contributed by atoms with van der Waals surface area (Å²) in [6.45, 7) is 18.0. The molecule has 0 aromatic heterocycles. The molecule has 0 N–H and O–H groups in total. The number of carbonyl (C=O) groups is 1. The van der Waals surface area contributed by atoms with Crippen LogP contribution in [0.1, 0.15) is 47.5 Å². The van der Waals surface area contributed by atoms with Gasteiger partial charge in [-0.1, -0.05) is 0 Å². The quantitative estimate of drug-likeness (QED) is 0.797. The zero-order valence-electron chi connectivity index (χ0n) is 14.6. The van der Waals surface area contributed by atoms with Crippen LogP contribution in [0.3, 0.4) is 0 Å². The predicted octanol–water partition coefficient (Wildman–Crippen LogP) is 2.05. The van der Waals surface area contributed by atoms with Crippen LogP contribution in [0.5, 0.6) is 0 Å². The fraction of sp³-hybridized carbons (Fsp3) is 0.941. The standard InChI is InChI=1S/C17H33N3O/c1-14(2)20-13-15(6-7-16(20)21)12-18-8-10-19(11-9-18)17(3,4)5/h14-15H,6-13H2,1-5H3. The summed E-state index contributed by atoms with van der Waals surface area (Å²) in [5.74, 6) is 1.00. The number of amides is 1. The van der Waals surface area contributed by atoms with Gasteiger partial charge in [-0.3, -0.25) is 9.69 Å². The molecule has 2 aliphatic rings. The van der Waals surface area contributed by atoms with Crippen molar-refractivity contribution in [3.63, 3.8) is 0 Å². The lowest BCUT2D eigenvalue weighted by Crippen LogP contribution is -2.55. The third-order valence-corrected chi connectivity index (χ3v) is 5.00. The first-order valence-corrected chi connectivity index (χ1v) is 8.54. The molecule has 4 heteroatoms. The van der Waals surface area contributed by atoms with Crippen LogP contribution in [-0.2, 0) is 4.79 Å². The van der Waals surface area contributed by atoms with E-state index in [0.29, 0.717) is 17.9 Å². The van der Waals surface area contributed by atoms with Crippen LogP contribution in [-0.4, -0.2) is 71.5 Å². The van der Waals surface area contributed by atoms with Crippen molar-refractivity contribution in [1.82, 2.24) is 14.7 Å². The van der Waals surface area contributed by atoms with Gasteiger partial charge in [-0.25, -0.2) is 0 Å². The summed E-state index contributed by atoms with van der Waals surface area (Å²) in [5.41, 5.74) is 0.289. The van der Waals surface area contributed by atoms with Gasteiger partial charge in [-0.15, -0.1) is 0 Å². The van der Waals surface area contributed by atoms with Gasteiger partial charge in [0.15, 0.2) is 0 Å². The lowest BCUT2D eigenvalue weighted by Gasteiger charge is -2.44. The van der Waals surface area contributed by atoms with Crippen molar-refractivity contribution in [3.8, 4) is 0 Å². The van der Waals surface area contributed by atoms with Gasteiger partial charge >= 0.3 is 0 Å². The third kappa shape index (κ3) is 4.43. The molecule has 0 radical (unpaired) electrons. The van der Waals surface area contributed by atoms with Gasteiger partial charge in [0.2, 0.25) is 5.91 Å². The smallest absolute Gasteiger partial charge is 0.222 e. The number of piperazine rings is 1. The average molecular weight is 295 g/mol. The van der Waals surface area contributed by atoms with Crippen LogP contribution >= 0.6 is 0 Å². The molecule has 2 rings (SSSR count). The monoisotopic (exact) mass is 295 g/mol. The Hall–Kier alpha value is -0.610. The van der Waals surface area contributed by atoms with Gasteiger partial charge < -0.3 is 9.80 Å². The van der Waals surface area contributed by atoms with Gasteiger partial charge in [0.05, 0.1) is 0 Å². The molecule has 4 nitrogen and oxygen atoms in total. The third-order valence-electron chi connectivity index (χ3n) is 5.00. The fourth-order valence-corrected chi connectivity index (χ4v) is 3.56. The maximum absolute atomic E-state index is 11.9. The highest BCUT2D eigenvalue weighted by Gasteiger charge is 2.30. The molecule has 2 saturated heterocycles. The Morgan fingerprint density at radius 3 is 2.29 bits per heavy atom. The molecule has 2 aliphatic heterocycles. The summed E-state index contributed by atoms with van der Waals surface area (Å²) in [4.78, 5) is 19.2. The number of piperidine rings is 1. The summed E-state index contributed by atoms with van der Waals surface area (Å²) in [7, 11) is 0. The average Bonchev–Trinajstić information content (AvgIpc) is 2.40. The maximum atomic E-state index is 11.9. The summed E-state index contributed by atoms with van der Waals surface area (Å²) in [6, 6.07) is 0.345. The van der Waals surface area contributed by atoms with Crippen molar-refractivity contribution in [1.29, 1.82) is 0 Å². The molecule has 122 valence electrons. The molecule has 1 unspecified atom stereocenters. The molecule has 0 aliphatic carbocycles. The molecule has 2 heterocycles. The summed E-state index contributed by atoms with van der Waals surface area (Å²) in [6.07, 6.45) is 1.81. The van der Waals surface area contributed by atoms with Crippen LogP contribution in [0.4, 0.5) is 0 Å². The van der Waals surface area contributed by atoms with Gasteiger partial charge in [0.25, 0.3) is 0 Å². The number of hydrogen-bond donors (Lipinski definition) is 0. The van der Waals surface area contributed by atoms with E-state index in [4.69, 9.17) is 0 Å².